The van der Waals surface area contributed by atoms with Crippen molar-refractivity contribution in [2.45, 2.75) is 0 Å². The average molecular weight is 764 g/mol. The predicted molar refractivity (Wildman–Crippen MR) is 255 cm³/mol. The van der Waals surface area contributed by atoms with Crippen LogP contribution in [0.1, 0.15) is 0 Å². The number of anilines is 3. The van der Waals surface area contributed by atoms with Gasteiger partial charge in [-0.15, -0.1) is 0 Å². The van der Waals surface area contributed by atoms with Crippen LogP contribution in [0, 0.1) is 0 Å². The molecule has 0 saturated carbocycles. The van der Waals surface area contributed by atoms with Gasteiger partial charge in [-0.3, -0.25) is 0 Å². The monoisotopic (exact) mass is 763 g/mol. The molecule has 0 bridgehead atoms. The predicted octanol–water partition coefficient (Wildman–Crippen LogP) is 16.7. The Bertz CT molecular complexity index is 3590. The molecule has 1 heterocycles. The molecule has 0 amide bonds. The van der Waals surface area contributed by atoms with Gasteiger partial charge in [0.1, 0.15) is 11.2 Å². The van der Waals surface area contributed by atoms with Crippen molar-refractivity contribution < 1.29 is 4.42 Å². The summed E-state index contributed by atoms with van der Waals surface area (Å²) in [7, 11) is 0. The van der Waals surface area contributed by atoms with Crippen LogP contribution in [-0.4, -0.2) is 0 Å². The Balaban J connectivity index is 1.12. The van der Waals surface area contributed by atoms with Crippen molar-refractivity contribution in [1.82, 2.24) is 0 Å². The van der Waals surface area contributed by atoms with Gasteiger partial charge in [0.15, 0.2) is 0 Å². The largest absolute Gasteiger partial charge is 0.456 e. The summed E-state index contributed by atoms with van der Waals surface area (Å²) in [5.41, 5.74) is 12.2. The number of furan rings is 1. The summed E-state index contributed by atoms with van der Waals surface area (Å²) in [5, 5.41) is 12.1. The first-order chi connectivity index (χ1) is 29.8. The fourth-order valence-electron chi connectivity index (χ4n) is 9.58. The summed E-state index contributed by atoms with van der Waals surface area (Å²) in [6.07, 6.45) is 0. The third-order valence-corrected chi connectivity index (χ3v) is 12.2. The van der Waals surface area contributed by atoms with E-state index in [0.29, 0.717) is 0 Å². The maximum Gasteiger partial charge on any atom is 0.137 e. The van der Waals surface area contributed by atoms with E-state index in [1.807, 2.05) is 6.07 Å². The lowest BCUT2D eigenvalue weighted by Gasteiger charge is -2.28. The van der Waals surface area contributed by atoms with Gasteiger partial charge in [0.25, 0.3) is 0 Å². The van der Waals surface area contributed by atoms with E-state index in [0.717, 1.165) is 39.0 Å². The highest BCUT2D eigenvalue weighted by atomic mass is 16.3. The lowest BCUT2D eigenvalue weighted by Crippen LogP contribution is -2.10. The molecule has 0 fully saturated rings. The summed E-state index contributed by atoms with van der Waals surface area (Å²) < 4.78 is 6.50. The van der Waals surface area contributed by atoms with Gasteiger partial charge in [-0.1, -0.05) is 182 Å². The Kier molecular flexibility index (Phi) is 7.89. The van der Waals surface area contributed by atoms with Crippen molar-refractivity contribution >= 4 is 82.1 Å². The Labute approximate surface area is 347 Å². The molecule has 2 heteroatoms. The minimum absolute atomic E-state index is 0.862. The van der Waals surface area contributed by atoms with Gasteiger partial charge in [-0.25, -0.2) is 0 Å². The lowest BCUT2D eigenvalue weighted by atomic mass is 9.85. The van der Waals surface area contributed by atoms with Crippen LogP contribution in [0.4, 0.5) is 17.1 Å². The fraction of sp³-hybridized carbons (Fsp3) is 0. The molecule has 0 aliphatic heterocycles. The SMILES string of the molecule is c1ccc(-c2c(-c3ccccc3)c3cc(N(c4ccc(-c5cccc6c5ccc5ccccc56)cc4)c4cccc5oc6ccccc6c45)ccc3c3ccccc23)cc1. The molecule has 2 nitrogen and oxygen atoms in total. The van der Waals surface area contributed by atoms with Crippen molar-refractivity contribution in [2.75, 3.05) is 4.90 Å². The van der Waals surface area contributed by atoms with Crippen LogP contribution < -0.4 is 4.90 Å². The number of para-hydroxylation sites is 1. The Morgan fingerprint density at radius 1 is 0.300 bits per heavy atom. The number of fused-ring (bicyclic) bond motifs is 9. The van der Waals surface area contributed by atoms with E-state index in [2.05, 4.69) is 223 Å². The van der Waals surface area contributed by atoms with Gasteiger partial charge in [0, 0.05) is 16.8 Å². The molecule has 0 spiro atoms. The summed E-state index contributed by atoms with van der Waals surface area (Å²) in [6, 6.07) is 81.3. The second-order valence-electron chi connectivity index (χ2n) is 15.6. The molecule has 0 N–H and O–H groups in total. The maximum absolute atomic E-state index is 6.50. The van der Waals surface area contributed by atoms with Crippen molar-refractivity contribution in [1.29, 1.82) is 0 Å². The van der Waals surface area contributed by atoms with Crippen molar-refractivity contribution in [3.8, 4) is 33.4 Å². The summed E-state index contributed by atoms with van der Waals surface area (Å²) in [5.74, 6) is 0. The number of nitrogens with zero attached hydrogens (tertiary/aromatic N) is 1. The van der Waals surface area contributed by atoms with Crippen molar-refractivity contribution in [2.24, 2.45) is 0 Å². The lowest BCUT2D eigenvalue weighted by molar-refractivity contribution is 0.669. The zero-order chi connectivity index (χ0) is 39.6. The van der Waals surface area contributed by atoms with Crippen LogP contribution in [0.5, 0.6) is 0 Å². The zero-order valence-electron chi connectivity index (χ0n) is 32.7. The van der Waals surface area contributed by atoms with Gasteiger partial charge < -0.3 is 9.32 Å². The van der Waals surface area contributed by atoms with Crippen LogP contribution in [0.15, 0.2) is 229 Å². The molecule has 60 heavy (non-hydrogen) atoms. The smallest absolute Gasteiger partial charge is 0.137 e. The first-order valence-electron chi connectivity index (χ1n) is 20.6. The van der Waals surface area contributed by atoms with E-state index < -0.39 is 0 Å². The highest BCUT2D eigenvalue weighted by Gasteiger charge is 2.23. The highest BCUT2D eigenvalue weighted by molar-refractivity contribution is 6.23. The molecule has 0 unspecified atom stereocenters. The number of hydrogen-bond acceptors (Lipinski definition) is 2. The van der Waals surface area contributed by atoms with E-state index in [-0.39, 0.29) is 0 Å². The van der Waals surface area contributed by atoms with Gasteiger partial charge in [0.2, 0.25) is 0 Å². The second kappa shape index (κ2) is 13.9. The van der Waals surface area contributed by atoms with Crippen LogP contribution in [0.25, 0.3) is 98.4 Å². The van der Waals surface area contributed by atoms with Crippen LogP contribution >= 0.6 is 0 Å². The Morgan fingerprint density at radius 3 is 1.63 bits per heavy atom. The topological polar surface area (TPSA) is 16.4 Å². The molecule has 0 radical (unpaired) electrons. The van der Waals surface area contributed by atoms with Crippen LogP contribution in [0.3, 0.4) is 0 Å². The molecular formula is C58H37NO. The zero-order valence-corrected chi connectivity index (χ0v) is 32.7. The number of hydrogen-bond donors (Lipinski definition) is 0. The van der Waals surface area contributed by atoms with E-state index in [1.165, 1.54) is 76.5 Å². The third kappa shape index (κ3) is 5.42. The maximum atomic E-state index is 6.50. The molecule has 1 aromatic heterocycles. The Hall–Kier alpha value is -7.94. The number of rotatable bonds is 6. The molecule has 280 valence electrons. The molecule has 0 saturated heterocycles. The molecule has 0 atom stereocenters. The van der Waals surface area contributed by atoms with E-state index in [4.69, 9.17) is 4.42 Å². The first kappa shape index (κ1) is 34.1. The minimum atomic E-state index is 0.862. The van der Waals surface area contributed by atoms with Crippen molar-refractivity contribution in [3.05, 3.63) is 224 Å². The average Bonchev–Trinajstić information content (AvgIpc) is 3.71. The molecule has 12 aromatic rings. The standard InChI is InChI=1S/C58H37NO/c1-3-16-40(17-4-1)56-50-22-10-9-21-47(50)49-36-34-43(37-52(49)57(56)41-18-5-2-6-19-41)59(53-26-14-28-55-58(53)51-23-11-12-27-54(51)60-55)42-32-29-39(30-33-42)45-24-13-25-46-44-20-8-7-15-38(44)31-35-48(45)46/h1-37H. The highest BCUT2D eigenvalue weighted by Crippen LogP contribution is 2.48. The van der Waals surface area contributed by atoms with Crippen molar-refractivity contribution in [3.63, 3.8) is 0 Å². The first-order valence-corrected chi connectivity index (χ1v) is 20.6. The molecular weight excluding hydrogens is 727 g/mol. The van der Waals surface area contributed by atoms with Crippen LogP contribution in [-0.2, 0) is 0 Å². The summed E-state index contributed by atoms with van der Waals surface area (Å²) >= 11 is 0. The van der Waals surface area contributed by atoms with E-state index in [1.54, 1.807) is 0 Å². The summed E-state index contributed by atoms with van der Waals surface area (Å²) in [6.45, 7) is 0. The van der Waals surface area contributed by atoms with Gasteiger partial charge >= 0.3 is 0 Å². The second-order valence-corrected chi connectivity index (χ2v) is 15.6. The molecule has 0 aliphatic rings. The Morgan fingerprint density at radius 2 is 0.850 bits per heavy atom. The summed E-state index contributed by atoms with van der Waals surface area (Å²) in [4.78, 5) is 2.41. The number of benzene rings is 11. The van der Waals surface area contributed by atoms with Gasteiger partial charge in [-0.2, -0.15) is 0 Å². The van der Waals surface area contributed by atoms with E-state index >= 15 is 0 Å². The minimum Gasteiger partial charge on any atom is -0.456 e. The van der Waals surface area contributed by atoms with Gasteiger partial charge in [-0.05, 0) is 119 Å². The fourth-order valence-corrected chi connectivity index (χ4v) is 9.58. The van der Waals surface area contributed by atoms with E-state index in [9.17, 15) is 0 Å². The molecule has 12 rings (SSSR count). The normalized spacial score (nSPS) is 11.7. The quantitative estimate of drug-likeness (QED) is 0.157. The molecule has 11 aromatic carbocycles. The van der Waals surface area contributed by atoms with Crippen LogP contribution in [0.2, 0.25) is 0 Å². The van der Waals surface area contributed by atoms with Gasteiger partial charge in [0.05, 0.1) is 11.1 Å². The molecule has 0 aliphatic carbocycles. The third-order valence-electron chi connectivity index (χ3n) is 12.2.